The molecule has 88 valence electrons. The van der Waals surface area contributed by atoms with E-state index in [9.17, 15) is 10.1 Å². The summed E-state index contributed by atoms with van der Waals surface area (Å²) in [6, 6.07) is 5.12. The molecule has 0 aliphatic carbocycles. The van der Waals surface area contributed by atoms with Crippen LogP contribution in [0.15, 0.2) is 18.2 Å². The third kappa shape index (κ3) is 3.41. The molecule has 4 nitrogen and oxygen atoms in total. The van der Waals surface area contributed by atoms with E-state index < -0.39 is 4.92 Å². The molecule has 0 saturated heterocycles. The molecule has 0 bridgehead atoms. The molecule has 0 aliphatic rings. The van der Waals surface area contributed by atoms with E-state index in [0.717, 1.165) is 17.7 Å². The van der Waals surface area contributed by atoms with Gasteiger partial charge in [0.25, 0.3) is 0 Å². The lowest BCUT2D eigenvalue weighted by Gasteiger charge is -2.06. The fourth-order valence-corrected chi connectivity index (χ4v) is 1.53. The van der Waals surface area contributed by atoms with Gasteiger partial charge in [-0.25, -0.2) is 0 Å². The van der Waals surface area contributed by atoms with Gasteiger partial charge in [-0.1, -0.05) is 13.0 Å². The zero-order chi connectivity index (χ0) is 12.0. The number of thioether (sulfide) groups is 1. The third-order valence-electron chi connectivity index (χ3n) is 2.17. The molecule has 0 aliphatic heterocycles. The number of hydrogen-bond donors (Lipinski definition) is 0. The average molecular weight is 241 g/mol. The summed E-state index contributed by atoms with van der Waals surface area (Å²) in [6.45, 7) is 2.46. The van der Waals surface area contributed by atoms with Gasteiger partial charge >= 0.3 is 5.69 Å². The molecular formula is C11H15NO3S. The smallest absolute Gasteiger partial charge is 0.311 e. The molecule has 5 heteroatoms. The molecule has 0 radical (unpaired) electrons. The van der Waals surface area contributed by atoms with Gasteiger partial charge in [-0.15, -0.1) is 0 Å². The Morgan fingerprint density at radius 2 is 2.25 bits per heavy atom. The highest BCUT2D eigenvalue weighted by molar-refractivity contribution is 7.98. The van der Waals surface area contributed by atoms with Crippen LogP contribution in [0.2, 0.25) is 0 Å². The zero-order valence-corrected chi connectivity index (χ0v) is 10.3. The van der Waals surface area contributed by atoms with Crippen molar-refractivity contribution in [3.63, 3.8) is 0 Å². The molecule has 1 aromatic carbocycles. The second kappa shape index (κ2) is 6.37. The summed E-state index contributed by atoms with van der Waals surface area (Å²) in [5.41, 5.74) is 1.00. The number of benzene rings is 1. The molecule has 0 aromatic heterocycles. The zero-order valence-electron chi connectivity index (χ0n) is 9.43. The normalized spacial score (nSPS) is 10.1. The van der Waals surface area contributed by atoms with Crippen LogP contribution in [0.1, 0.15) is 12.5 Å². The minimum atomic E-state index is -0.395. The molecule has 0 saturated carbocycles. The molecule has 0 N–H and O–H groups in total. The first-order valence-corrected chi connectivity index (χ1v) is 6.47. The van der Waals surface area contributed by atoms with Crippen LogP contribution in [0.5, 0.6) is 5.75 Å². The Labute approximate surface area is 99.1 Å². The summed E-state index contributed by atoms with van der Waals surface area (Å²) >= 11 is 1.65. The first-order valence-electron chi connectivity index (χ1n) is 5.08. The van der Waals surface area contributed by atoms with Crippen molar-refractivity contribution in [3.05, 3.63) is 33.9 Å². The first kappa shape index (κ1) is 12.8. The Bertz CT molecular complexity index is 368. The van der Waals surface area contributed by atoms with Crippen molar-refractivity contribution in [1.82, 2.24) is 0 Å². The van der Waals surface area contributed by atoms with Gasteiger partial charge in [0.05, 0.1) is 11.5 Å². The van der Waals surface area contributed by atoms with Crippen molar-refractivity contribution in [2.24, 2.45) is 0 Å². The lowest BCUT2D eigenvalue weighted by molar-refractivity contribution is -0.385. The predicted octanol–water partition coefficient (Wildman–Crippen LogP) is 2.90. The lowest BCUT2D eigenvalue weighted by atomic mass is 10.1. The van der Waals surface area contributed by atoms with Crippen molar-refractivity contribution in [2.45, 2.75) is 13.3 Å². The minimum absolute atomic E-state index is 0.0560. The van der Waals surface area contributed by atoms with Crippen LogP contribution in [-0.2, 0) is 6.42 Å². The Balaban J connectivity index is 2.85. The van der Waals surface area contributed by atoms with Gasteiger partial charge in [0.2, 0.25) is 0 Å². The summed E-state index contributed by atoms with van der Waals surface area (Å²) in [6.07, 6.45) is 2.75. The van der Waals surface area contributed by atoms with E-state index in [1.54, 1.807) is 23.9 Å². The van der Waals surface area contributed by atoms with Gasteiger partial charge in [0.15, 0.2) is 5.75 Å². The first-order chi connectivity index (χ1) is 7.69. The summed E-state index contributed by atoms with van der Waals surface area (Å²) in [4.78, 5) is 10.4. The molecule has 0 fully saturated rings. The van der Waals surface area contributed by atoms with Crippen molar-refractivity contribution < 1.29 is 9.66 Å². The van der Waals surface area contributed by atoms with Gasteiger partial charge in [-0.05, 0) is 24.3 Å². The Morgan fingerprint density at radius 1 is 1.50 bits per heavy atom. The van der Waals surface area contributed by atoms with E-state index in [1.807, 2.05) is 19.2 Å². The molecule has 0 atom stereocenters. The highest BCUT2D eigenvalue weighted by atomic mass is 32.2. The molecule has 0 unspecified atom stereocenters. The molecule has 0 heterocycles. The van der Waals surface area contributed by atoms with E-state index in [-0.39, 0.29) is 5.69 Å². The molecule has 1 rings (SSSR count). The van der Waals surface area contributed by atoms with E-state index in [1.165, 1.54) is 0 Å². The number of rotatable bonds is 6. The maximum Gasteiger partial charge on any atom is 0.311 e. The van der Waals surface area contributed by atoms with Crippen LogP contribution >= 0.6 is 11.8 Å². The highest BCUT2D eigenvalue weighted by Crippen LogP contribution is 2.28. The van der Waals surface area contributed by atoms with Gasteiger partial charge in [0.1, 0.15) is 0 Å². The second-order valence-corrected chi connectivity index (χ2v) is 4.24. The van der Waals surface area contributed by atoms with Crippen molar-refractivity contribution in [1.29, 1.82) is 0 Å². The maximum atomic E-state index is 10.8. The number of ether oxygens (including phenoxy) is 1. The lowest BCUT2D eigenvalue weighted by Crippen LogP contribution is -2.02. The van der Waals surface area contributed by atoms with Crippen molar-refractivity contribution in [2.75, 3.05) is 18.6 Å². The van der Waals surface area contributed by atoms with Crippen LogP contribution < -0.4 is 4.74 Å². The van der Waals surface area contributed by atoms with Gasteiger partial charge in [-0.2, -0.15) is 11.8 Å². The van der Waals surface area contributed by atoms with E-state index in [2.05, 4.69) is 0 Å². The Morgan fingerprint density at radius 3 is 2.81 bits per heavy atom. The Hall–Kier alpha value is -1.23. The summed E-state index contributed by atoms with van der Waals surface area (Å²) in [7, 11) is 0. The van der Waals surface area contributed by atoms with Gasteiger partial charge < -0.3 is 4.74 Å². The quantitative estimate of drug-likeness (QED) is 0.436. The molecular weight excluding hydrogens is 226 g/mol. The molecule has 0 spiro atoms. The topological polar surface area (TPSA) is 52.4 Å². The number of aryl methyl sites for hydroxylation is 1. The summed E-state index contributed by atoms with van der Waals surface area (Å²) < 4.78 is 5.38. The monoisotopic (exact) mass is 241 g/mol. The van der Waals surface area contributed by atoms with Crippen LogP contribution in [0, 0.1) is 10.1 Å². The van der Waals surface area contributed by atoms with Gasteiger partial charge in [-0.3, -0.25) is 10.1 Å². The van der Waals surface area contributed by atoms with Crippen LogP contribution in [0.4, 0.5) is 5.69 Å². The largest absolute Gasteiger partial charge is 0.486 e. The number of hydrogen-bond acceptors (Lipinski definition) is 4. The second-order valence-electron chi connectivity index (χ2n) is 3.25. The molecule has 1 aromatic rings. The van der Waals surface area contributed by atoms with E-state index >= 15 is 0 Å². The predicted molar refractivity (Wildman–Crippen MR) is 66.4 cm³/mol. The Kier molecular flexibility index (Phi) is 5.11. The standard InChI is InChI=1S/C11H15NO3S/c1-3-9-4-5-11(15-6-7-16-2)10(8-9)12(13)14/h4-5,8H,3,6-7H2,1-2H3. The summed E-state index contributed by atoms with van der Waals surface area (Å²) in [5, 5.41) is 10.8. The van der Waals surface area contributed by atoms with E-state index in [4.69, 9.17) is 4.74 Å². The van der Waals surface area contributed by atoms with Crippen molar-refractivity contribution >= 4 is 17.4 Å². The number of nitrogens with zero attached hydrogens (tertiary/aromatic N) is 1. The SMILES string of the molecule is CCc1ccc(OCCSC)c([N+](=O)[O-])c1. The van der Waals surface area contributed by atoms with Crippen molar-refractivity contribution in [3.8, 4) is 5.75 Å². The summed E-state index contributed by atoms with van der Waals surface area (Å²) in [5.74, 6) is 1.18. The van der Waals surface area contributed by atoms with Crippen LogP contribution in [0.25, 0.3) is 0 Å². The molecule has 16 heavy (non-hydrogen) atoms. The fraction of sp³-hybridized carbons (Fsp3) is 0.455. The van der Waals surface area contributed by atoms with E-state index in [0.29, 0.717) is 12.4 Å². The minimum Gasteiger partial charge on any atom is -0.486 e. The fourth-order valence-electron chi connectivity index (χ4n) is 1.28. The maximum absolute atomic E-state index is 10.8. The molecule has 0 amide bonds. The number of nitro groups is 1. The van der Waals surface area contributed by atoms with Crippen LogP contribution in [0.3, 0.4) is 0 Å². The van der Waals surface area contributed by atoms with Crippen LogP contribution in [-0.4, -0.2) is 23.5 Å². The average Bonchev–Trinajstić information content (AvgIpc) is 2.29. The number of nitro benzene ring substituents is 1. The third-order valence-corrected chi connectivity index (χ3v) is 2.75. The highest BCUT2D eigenvalue weighted by Gasteiger charge is 2.15. The van der Waals surface area contributed by atoms with Gasteiger partial charge in [0, 0.05) is 11.8 Å².